The summed E-state index contributed by atoms with van der Waals surface area (Å²) < 4.78 is 10.5. The maximum Gasteiger partial charge on any atom is 0.258 e. The minimum absolute atomic E-state index is 0.105. The van der Waals surface area contributed by atoms with E-state index in [4.69, 9.17) is 32.7 Å². The van der Waals surface area contributed by atoms with Crippen LogP contribution >= 0.6 is 23.2 Å². The lowest BCUT2D eigenvalue weighted by atomic mass is 10.2. The molecule has 2 N–H and O–H groups in total. The van der Waals surface area contributed by atoms with Gasteiger partial charge in [-0.1, -0.05) is 41.4 Å². The van der Waals surface area contributed by atoms with Gasteiger partial charge in [0.25, 0.3) is 11.8 Å². The van der Waals surface area contributed by atoms with E-state index in [0.29, 0.717) is 5.75 Å². The molecule has 2 aromatic carbocycles. The summed E-state index contributed by atoms with van der Waals surface area (Å²) in [5.74, 6) is 0.0845. The summed E-state index contributed by atoms with van der Waals surface area (Å²) in [5, 5.41) is 5.81. The largest absolute Gasteiger partial charge is 0.494 e. The average molecular weight is 397 g/mol. The van der Waals surface area contributed by atoms with Gasteiger partial charge >= 0.3 is 0 Å². The zero-order chi connectivity index (χ0) is 18.9. The predicted molar refractivity (Wildman–Crippen MR) is 100 cm³/mol. The number of halogens is 2. The van der Waals surface area contributed by atoms with Crippen LogP contribution in [0, 0.1) is 0 Å². The Morgan fingerprint density at radius 1 is 0.962 bits per heavy atom. The summed E-state index contributed by atoms with van der Waals surface area (Å²) in [6.07, 6.45) is 0. The highest BCUT2D eigenvalue weighted by atomic mass is 35.5. The van der Waals surface area contributed by atoms with Crippen molar-refractivity contribution in [3.63, 3.8) is 0 Å². The average Bonchev–Trinajstić information content (AvgIpc) is 2.65. The molecule has 0 bridgehead atoms. The molecule has 0 aromatic heterocycles. The molecule has 0 spiro atoms. The van der Waals surface area contributed by atoms with E-state index in [9.17, 15) is 9.59 Å². The van der Waals surface area contributed by atoms with Crippen molar-refractivity contribution < 1.29 is 19.1 Å². The molecule has 26 heavy (non-hydrogen) atoms. The molecule has 0 saturated carbocycles. The molecule has 0 unspecified atom stereocenters. The molecule has 0 radical (unpaired) electrons. The van der Waals surface area contributed by atoms with E-state index < -0.39 is 5.91 Å². The van der Waals surface area contributed by atoms with Gasteiger partial charge in [0, 0.05) is 13.1 Å². The Morgan fingerprint density at radius 2 is 1.62 bits per heavy atom. The van der Waals surface area contributed by atoms with Gasteiger partial charge < -0.3 is 20.1 Å². The van der Waals surface area contributed by atoms with Crippen LogP contribution in [-0.2, 0) is 4.79 Å². The Hall–Kier alpha value is -2.44. The van der Waals surface area contributed by atoms with Gasteiger partial charge in [0.15, 0.2) is 12.4 Å². The normalized spacial score (nSPS) is 10.1. The Bertz CT molecular complexity index is 769. The maximum absolute atomic E-state index is 12.3. The minimum atomic E-state index is -0.441. The maximum atomic E-state index is 12.3. The second-order valence-electron chi connectivity index (χ2n) is 5.15. The molecule has 8 heteroatoms. The minimum Gasteiger partial charge on any atom is -0.494 e. The van der Waals surface area contributed by atoms with Crippen molar-refractivity contribution in [2.24, 2.45) is 0 Å². The molecule has 6 nitrogen and oxygen atoms in total. The monoisotopic (exact) mass is 396 g/mol. The number of ether oxygens (including phenoxy) is 2. The van der Waals surface area contributed by atoms with Gasteiger partial charge in [-0.25, -0.2) is 0 Å². The number of hydrogen-bond donors (Lipinski definition) is 2. The van der Waals surface area contributed by atoms with E-state index in [0.717, 1.165) is 0 Å². The summed E-state index contributed by atoms with van der Waals surface area (Å²) >= 11 is 12.1. The number of nitrogens with one attached hydrogen (secondary N) is 2. The van der Waals surface area contributed by atoms with Gasteiger partial charge in [0.05, 0.1) is 17.2 Å². The highest BCUT2D eigenvalue weighted by molar-refractivity contribution is 6.37. The third-order valence-corrected chi connectivity index (χ3v) is 3.95. The lowest BCUT2D eigenvalue weighted by molar-refractivity contribution is -0.123. The Balaban J connectivity index is 1.77. The van der Waals surface area contributed by atoms with Crippen LogP contribution in [0.1, 0.15) is 10.4 Å². The van der Waals surface area contributed by atoms with Gasteiger partial charge in [-0.3, -0.25) is 9.59 Å². The first-order chi connectivity index (χ1) is 12.5. The number of carbonyl (C=O) groups is 2. The smallest absolute Gasteiger partial charge is 0.258 e. The number of hydrogen-bond acceptors (Lipinski definition) is 4. The van der Waals surface area contributed by atoms with E-state index in [1.165, 1.54) is 13.2 Å². The van der Waals surface area contributed by atoms with Gasteiger partial charge in [-0.15, -0.1) is 0 Å². The first kappa shape index (κ1) is 19.9. The molecule has 0 atom stereocenters. The van der Waals surface area contributed by atoms with Crippen LogP contribution in [0.3, 0.4) is 0 Å². The SMILES string of the molecule is COc1c(Cl)ccc(Cl)c1C(=O)NCCNC(=O)COc1ccccc1. The fraction of sp³-hybridized carbons (Fsp3) is 0.222. The van der Waals surface area contributed by atoms with Crippen LogP contribution in [-0.4, -0.2) is 38.6 Å². The zero-order valence-electron chi connectivity index (χ0n) is 14.1. The highest BCUT2D eigenvalue weighted by Crippen LogP contribution is 2.33. The molecule has 138 valence electrons. The quantitative estimate of drug-likeness (QED) is 0.672. The van der Waals surface area contributed by atoms with E-state index in [1.807, 2.05) is 18.2 Å². The second kappa shape index (κ2) is 9.89. The molecule has 0 fully saturated rings. The van der Waals surface area contributed by atoms with Gasteiger partial charge in [-0.05, 0) is 24.3 Å². The predicted octanol–water partition coefficient (Wildman–Crippen LogP) is 2.93. The summed E-state index contributed by atoms with van der Waals surface area (Å²) in [7, 11) is 1.40. The van der Waals surface area contributed by atoms with Crippen LogP contribution in [0.2, 0.25) is 10.0 Å². The van der Waals surface area contributed by atoms with Crippen molar-refractivity contribution in [2.75, 3.05) is 26.8 Å². The zero-order valence-corrected chi connectivity index (χ0v) is 15.6. The molecular formula is C18H18Cl2N2O4. The number of rotatable bonds is 8. The van der Waals surface area contributed by atoms with E-state index in [1.54, 1.807) is 18.2 Å². The first-order valence-corrected chi connectivity index (χ1v) is 8.53. The van der Waals surface area contributed by atoms with Crippen molar-refractivity contribution in [3.05, 3.63) is 58.1 Å². The van der Waals surface area contributed by atoms with Crippen LogP contribution in [0.15, 0.2) is 42.5 Å². The van der Waals surface area contributed by atoms with Gasteiger partial charge in [0.1, 0.15) is 11.3 Å². The lowest BCUT2D eigenvalue weighted by Gasteiger charge is -2.12. The van der Waals surface area contributed by atoms with E-state index >= 15 is 0 Å². The van der Waals surface area contributed by atoms with Crippen molar-refractivity contribution in [3.8, 4) is 11.5 Å². The molecule has 0 saturated heterocycles. The third-order valence-electron chi connectivity index (χ3n) is 3.34. The molecule has 2 rings (SSSR count). The molecule has 0 aliphatic carbocycles. The van der Waals surface area contributed by atoms with Crippen LogP contribution in [0.25, 0.3) is 0 Å². The van der Waals surface area contributed by atoms with Crippen LogP contribution in [0.4, 0.5) is 0 Å². The second-order valence-corrected chi connectivity index (χ2v) is 5.96. The van der Waals surface area contributed by atoms with Crippen molar-refractivity contribution in [1.82, 2.24) is 10.6 Å². The fourth-order valence-corrected chi connectivity index (χ4v) is 2.60. The van der Waals surface area contributed by atoms with Crippen molar-refractivity contribution in [2.45, 2.75) is 0 Å². The number of benzene rings is 2. The molecule has 0 aliphatic rings. The van der Waals surface area contributed by atoms with Crippen molar-refractivity contribution in [1.29, 1.82) is 0 Å². The molecule has 0 heterocycles. The first-order valence-electron chi connectivity index (χ1n) is 7.77. The number of carbonyl (C=O) groups excluding carboxylic acids is 2. The summed E-state index contributed by atoms with van der Waals surface area (Å²) in [5.41, 5.74) is 0.153. The number of para-hydroxylation sites is 1. The summed E-state index contributed by atoms with van der Waals surface area (Å²) in [6, 6.07) is 12.1. The Labute approximate surface area is 161 Å². The number of methoxy groups -OCH3 is 1. The van der Waals surface area contributed by atoms with Crippen LogP contribution in [0.5, 0.6) is 11.5 Å². The molecule has 0 aliphatic heterocycles. The fourth-order valence-electron chi connectivity index (χ4n) is 2.13. The van der Waals surface area contributed by atoms with Crippen LogP contribution < -0.4 is 20.1 Å². The summed E-state index contributed by atoms with van der Waals surface area (Å²) in [4.78, 5) is 24.0. The van der Waals surface area contributed by atoms with Gasteiger partial charge in [0.2, 0.25) is 0 Å². The number of amides is 2. The summed E-state index contributed by atoms with van der Waals surface area (Å²) in [6.45, 7) is 0.344. The molecule has 2 amide bonds. The Morgan fingerprint density at radius 3 is 2.31 bits per heavy atom. The Kier molecular flexibility index (Phi) is 7.56. The van der Waals surface area contributed by atoms with Gasteiger partial charge in [-0.2, -0.15) is 0 Å². The molecular weight excluding hydrogens is 379 g/mol. The lowest BCUT2D eigenvalue weighted by Crippen LogP contribution is -2.37. The topological polar surface area (TPSA) is 76.7 Å². The standard InChI is InChI=1S/C18H18Cl2N2O4/c1-25-17-14(20)8-7-13(19)16(17)18(24)22-10-9-21-15(23)11-26-12-5-3-2-4-6-12/h2-8H,9-11H2,1H3,(H,21,23)(H,22,24). The van der Waals surface area contributed by atoms with Crippen molar-refractivity contribution >= 4 is 35.0 Å². The van der Waals surface area contributed by atoms with E-state index in [2.05, 4.69) is 10.6 Å². The molecule has 2 aromatic rings. The highest BCUT2D eigenvalue weighted by Gasteiger charge is 2.19. The van der Waals surface area contributed by atoms with E-state index in [-0.39, 0.29) is 47.0 Å². The third kappa shape index (κ3) is 5.54.